The first-order valence-electron chi connectivity index (χ1n) is 3.96. The highest BCUT2D eigenvalue weighted by molar-refractivity contribution is 5.38. The highest BCUT2D eigenvalue weighted by Gasteiger charge is 2.13. The first-order valence-corrected chi connectivity index (χ1v) is 3.96. The maximum absolute atomic E-state index is 5.37. The molecule has 0 atom stereocenters. The van der Waals surface area contributed by atoms with E-state index in [0.717, 1.165) is 18.0 Å². The number of hydrogen-bond acceptors (Lipinski definition) is 2. The van der Waals surface area contributed by atoms with Gasteiger partial charge in [0, 0.05) is 6.54 Å². The summed E-state index contributed by atoms with van der Waals surface area (Å²) in [4.78, 5) is 0. The normalized spacial score (nSPS) is 14.3. The molecule has 2 heterocycles. The standard InChI is InChI=1S/C9H11NO2/c1-2-3-10-6-8-9(7-10)12-5-4-11-8/h2,6-7H,1,3-5H2. The Morgan fingerprint density at radius 3 is 2.42 bits per heavy atom. The molecule has 3 heteroatoms. The molecule has 0 spiro atoms. The van der Waals surface area contributed by atoms with Gasteiger partial charge in [-0.2, -0.15) is 0 Å². The number of hydrogen-bond donors (Lipinski definition) is 0. The van der Waals surface area contributed by atoms with Gasteiger partial charge in [0.1, 0.15) is 13.2 Å². The van der Waals surface area contributed by atoms with E-state index in [1.165, 1.54) is 0 Å². The SMILES string of the molecule is C=CCn1cc2c(c1)OCCO2. The Balaban J connectivity index is 2.25. The Hall–Kier alpha value is -1.38. The lowest BCUT2D eigenvalue weighted by molar-refractivity contribution is 0.173. The smallest absolute Gasteiger partial charge is 0.179 e. The summed E-state index contributed by atoms with van der Waals surface area (Å²) in [5.74, 6) is 1.67. The molecule has 0 saturated carbocycles. The molecule has 2 rings (SSSR count). The van der Waals surface area contributed by atoms with Crippen LogP contribution in [-0.4, -0.2) is 17.8 Å². The molecule has 0 saturated heterocycles. The van der Waals surface area contributed by atoms with Gasteiger partial charge >= 0.3 is 0 Å². The average Bonchev–Trinajstić information content (AvgIpc) is 2.47. The van der Waals surface area contributed by atoms with Gasteiger partial charge in [0.05, 0.1) is 12.4 Å². The zero-order chi connectivity index (χ0) is 8.39. The minimum Gasteiger partial charge on any atom is -0.485 e. The lowest BCUT2D eigenvalue weighted by Crippen LogP contribution is -2.13. The van der Waals surface area contributed by atoms with Gasteiger partial charge in [-0.1, -0.05) is 6.08 Å². The van der Waals surface area contributed by atoms with E-state index in [0.29, 0.717) is 13.2 Å². The molecule has 64 valence electrons. The van der Waals surface area contributed by atoms with E-state index in [9.17, 15) is 0 Å². The molecule has 0 bridgehead atoms. The van der Waals surface area contributed by atoms with Crippen molar-refractivity contribution in [1.29, 1.82) is 0 Å². The third-order valence-electron chi connectivity index (χ3n) is 1.75. The first-order chi connectivity index (χ1) is 5.90. The monoisotopic (exact) mass is 165 g/mol. The Kier molecular flexibility index (Phi) is 1.78. The zero-order valence-electron chi connectivity index (χ0n) is 6.82. The van der Waals surface area contributed by atoms with E-state index in [-0.39, 0.29) is 0 Å². The Labute approximate surface area is 71.2 Å². The van der Waals surface area contributed by atoms with E-state index < -0.39 is 0 Å². The third kappa shape index (κ3) is 1.18. The van der Waals surface area contributed by atoms with Crippen LogP contribution in [0.2, 0.25) is 0 Å². The van der Waals surface area contributed by atoms with Gasteiger partial charge in [0.2, 0.25) is 0 Å². The number of nitrogens with zero attached hydrogens (tertiary/aromatic N) is 1. The summed E-state index contributed by atoms with van der Waals surface area (Å²) in [6.45, 7) is 5.74. The topological polar surface area (TPSA) is 23.4 Å². The molecule has 0 unspecified atom stereocenters. The van der Waals surface area contributed by atoms with Crippen molar-refractivity contribution in [2.24, 2.45) is 0 Å². The van der Waals surface area contributed by atoms with Gasteiger partial charge < -0.3 is 14.0 Å². The van der Waals surface area contributed by atoms with Crippen LogP contribution in [0.15, 0.2) is 25.0 Å². The molecular weight excluding hydrogens is 154 g/mol. The third-order valence-corrected chi connectivity index (χ3v) is 1.75. The van der Waals surface area contributed by atoms with Crippen LogP contribution in [0.5, 0.6) is 11.5 Å². The van der Waals surface area contributed by atoms with E-state index in [2.05, 4.69) is 6.58 Å². The van der Waals surface area contributed by atoms with Gasteiger partial charge in [-0.05, 0) is 0 Å². The van der Waals surface area contributed by atoms with Crippen LogP contribution in [0.25, 0.3) is 0 Å². The molecule has 0 aromatic carbocycles. The molecule has 0 amide bonds. The lowest BCUT2D eigenvalue weighted by atomic mass is 10.5. The van der Waals surface area contributed by atoms with E-state index >= 15 is 0 Å². The lowest BCUT2D eigenvalue weighted by Gasteiger charge is -2.13. The number of rotatable bonds is 2. The van der Waals surface area contributed by atoms with Gasteiger partial charge in [-0.3, -0.25) is 0 Å². The predicted octanol–water partition coefficient (Wildman–Crippen LogP) is 1.45. The van der Waals surface area contributed by atoms with Gasteiger partial charge in [-0.15, -0.1) is 6.58 Å². The molecular formula is C9H11NO2. The van der Waals surface area contributed by atoms with Crippen LogP contribution >= 0.6 is 0 Å². The molecule has 1 aliphatic rings. The predicted molar refractivity (Wildman–Crippen MR) is 45.6 cm³/mol. The summed E-state index contributed by atoms with van der Waals surface area (Å²) in [5, 5.41) is 0. The molecule has 1 aromatic heterocycles. The van der Waals surface area contributed by atoms with Crippen LogP contribution in [0, 0.1) is 0 Å². The summed E-state index contributed by atoms with van der Waals surface area (Å²) < 4.78 is 12.7. The molecule has 1 aromatic rings. The summed E-state index contributed by atoms with van der Waals surface area (Å²) in [6.07, 6.45) is 5.69. The fourth-order valence-electron chi connectivity index (χ4n) is 1.24. The van der Waals surface area contributed by atoms with Crippen LogP contribution in [-0.2, 0) is 6.54 Å². The van der Waals surface area contributed by atoms with Crippen molar-refractivity contribution in [3.8, 4) is 11.5 Å². The minimum absolute atomic E-state index is 0.644. The van der Waals surface area contributed by atoms with Crippen molar-refractivity contribution in [2.45, 2.75) is 6.54 Å². The first kappa shape index (κ1) is 7.28. The fraction of sp³-hybridized carbons (Fsp3) is 0.333. The van der Waals surface area contributed by atoms with Crippen LogP contribution < -0.4 is 9.47 Å². The van der Waals surface area contributed by atoms with Gasteiger partial charge in [-0.25, -0.2) is 0 Å². The minimum atomic E-state index is 0.644. The number of fused-ring (bicyclic) bond motifs is 1. The zero-order valence-corrected chi connectivity index (χ0v) is 6.82. The number of allylic oxidation sites excluding steroid dienone is 1. The second-order valence-corrected chi connectivity index (χ2v) is 2.67. The average molecular weight is 165 g/mol. The summed E-state index contributed by atoms with van der Waals surface area (Å²) in [6, 6.07) is 0. The summed E-state index contributed by atoms with van der Waals surface area (Å²) in [7, 11) is 0. The van der Waals surface area contributed by atoms with Crippen LogP contribution in [0.3, 0.4) is 0 Å². The molecule has 3 nitrogen and oxygen atoms in total. The Morgan fingerprint density at radius 2 is 1.92 bits per heavy atom. The summed E-state index contributed by atoms with van der Waals surface area (Å²) in [5.41, 5.74) is 0. The van der Waals surface area contributed by atoms with Crippen molar-refractivity contribution in [3.05, 3.63) is 25.0 Å². The van der Waals surface area contributed by atoms with Crippen molar-refractivity contribution in [1.82, 2.24) is 4.57 Å². The number of ether oxygens (including phenoxy) is 2. The van der Waals surface area contributed by atoms with Crippen molar-refractivity contribution < 1.29 is 9.47 Å². The van der Waals surface area contributed by atoms with E-state index in [1.54, 1.807) is 0 Å². The van der Waals surface area contributed by atoms with Gasteiger partial charge in [0.25, 0.3) is 0 Å². The van der Waals surface area contributed by atoms with Crippen molar-refractivity contribution >= 4 is 0 Å². The van der Waals surface area contributed by atoms with Gasteiger partial charge in [0.15, 0.2) is 11.5 Å². The Morgan fingerprint density at radius 1 is 1.33 bits per heavy atom. The highest BCUT2D eigenvalue weighted by Crippen LogP contribution is 2.30. The van der Waals surface area contributed by atoms with E-state index in [4.69, 9.17) is 9.47 Å². The van der Waals surface area contributed by atoms with Crippen molar-refractivity contribution in [2.75, 3.05) is 13.2 Å². The molecule has 0 fully saturated rings. The summed E-state index contributed by atoms with van der Waals surface area (Å²) >= 11 is 0. The maximum Gasteiger partial charge on any atom is 0.179 e. The molecule has 1 aliphatic heterocycles. The maximum atomic E-state index is 5.37. The molecule has 0 radical (unpaired) electrons. The quantitative estimate of drug-likeness (QED) is 0.619. The molecule has 0 N–H and O–H groups in total. The second kappa shape index (κ2) is 2.93. The van der Waals surface area contributed by atoms with Crippen LogP contribution in [0.1, 0.15) is 0 Å². The highest BCUT2D eigenvalue weighted by atomic mass is 16.6. The van der Waals surface area contributed by atoms with Crippen molar-refractivity contribution in [3.63, 3.8) is 0 Å². The number of aromatic nitrogens is 1. The van der Waals surface area contributed by atoms with E-state index in [1.807, 2.05) is 23.0 Å². The van der Waals surface area contributed by atoms with Crippen LogP contribution in [0.4, 0.5) is 0 Å². The fourth-order valence-corrected chi connectivity index (χ4v) is 1.24. The Bertz CT molecular complexity index is 267. The molecule has 0 aliphatic carbocycles. The molecule has 12 heavy (non-hydrogen) atoms. The largest absolute Gasteiger partial charge is 0.485 e. The second-order valence-electron chi connectivity index (χ2n) is 2.67.